The predicted octanol–water partition coefficient (Wildman–Crippen LogP) is 0.851. The van der Waals surface area contributed by atoms with Gasteiger partial charge >= 0.3 is 0 Å². The minimum Gasteiger partial charge on any atom is -0.374 e. The van der Waals surface area contributed by atoms with Gasteiger partial charge in [0.05, 0.1) is 0 Å². The Morgan fingerprint density at radius 3 is 2.14 bits per heavy atom. The van der Waals surface area contributed by atoms with Crippen LogP contribution in [0.4, 0.5) is 0 Å². The van der Waals surface area contributed by atoms with Crippen LogP contribution in [0.15, 0.2) is 0 Å². The monoisotopic (exact) mass is 184 g/mol. The zero-order chi connectivity index (χ0) is 4.99. The van der Waals surface area contributed by atoms with E-state index in [1.165, 1.54) is 0 Å². The summed E-state index contributed by atoms with van der Waals surface area (Å²) in [6.07, 6.45) is 1.94. The molecule has 0 saturated heterocycles. The van der Waals surface area contributed by atoms with E-state index in [-0.39, 0.29) is 17.1 Å². The zero-order valence-corrected chi connectivity index (χ0v) is 6.69. The molecule has 0 saturated carbocycles. The first kappa shape index (κ1) is 10.7. The van der Waals surface area contributed by atoms with Gasteiger partial charge < -0.3 is 5.32 Å². The Labute approximate surface area is 64.1 Å². The van der Waals surface area contributed by atoms with E-state index in [4.69, 9.17) is 12.2 Å². The Bertz CT molecular complexity index is 50.9. The van der Waals surface area contributed by atoms with E-state index in [9.17, 15) is 0 Å². The Balaban J connectivity index is 0. The van der Waals surface area contributed by atoms with Crippen molar-refractivity contribution in [2.75, 3.05) is 13.3 Å². The van der Waals surface area contributed by atoms with Gasteiger partial charge in [0.15, 0.2) is 0 Å². The van der Waals surface area contributed by atoms with E-state index in [2.05, 4.69) is 5.32 Å². The van der Waals surface area contributed by atoms with Crippen molar-refractivity contribution in [3.05, 3.63) is 0 Å². The summed E-state index contributed by atoms with van der Waals surface area (Å²) in [5, 5.41) is 2.81. The molecule has 0 heterocycles. The van der Waals surface area contributed by atoms with Crippen molar-refractivity contribution in [1.82, 2.24) is 5.32 Å². The molecule has 4 heteroatoms. The second-order valence-corrected chi connectivity index (χ2v) is 2.22. The zero-order valence-electron chi connectivity index (χ0n) is 4.12. The maximum atomic E-state index is 4.71. The second-order valence-electron chi connectivity index (χ2n) is 0.742. The van der Waals surface area contributed by atoms with Crippen molar-refractivity contribution in [2.45, 2.75) is 0 Å². The summed E-state index contributed by atoms with van der Waals surface area (Å²) < 4.78 is 0.843. The molecule has 0 spiro atoms. The molecule has 0 aliphatic carbocycles. The van der Waals surface area contributed by atoms with Crippen LogP contribution in [0.3, 0.4) is 0 Å². The van der Waals surface area contributed by atoms with Crippen molar-refractivity contribution in [2.24, 2.45) is 0 Å². The third-order valence-electron chi connectivity index (χ3n) is 0.390. The molecular formula is C3H7CuNS2. The quantitative estimate of drug-likeness (QED) is 0.443. The van der Waals surface area contributed by atoms with Gasteiger partial charge in [-0.3, -0.25) is 0 Å². The first-order chi connectivity index (χ1) is 2.81. The molecule has 0 fully saturated rings. The van der Waals surface area contributed by atoms with Crippen LogP contribution in [-0.2, 0) is 17.1 Å². The third-order valence-corrected chi connectivity index (χ3v) is 1.67. The average Bonchev–Trinajstić information content (AvgIpc) is 1.65. The molecule has 1 N–H and O–H groups in total. The maximum Gasteiger partial charge on any atom is 0.133 e. The number of nitrogens with one attached hydrogen (secondary N) is 1. The minimum atomic E-state index is 0. The van der Waals surface area contributed by atoms with E-state index < -0.39 is 0 Å². The largest absolute Gasteiger partial charge is 0.374 e. The van der Waals surface area contributed by atoms with Gasteiger partial charge in [0.1, 0.15) is 4.32 Å². The summed E-state index contributed by atoms with van der Waals surface area (Å²) in [6.45, 7) is 0. The third kappa shape index (κ3) is 6.76. The van der Waals surface area contributed by atoms with Crippen molar-refractivity contribution in [3.63, 3.8) is 0 Å². The summed E-state index contributed by atoms with van der Waals surface area (Å²) in [5.74, 6) is 0. The smallest absolute Gasteiger partial charge is 0.133 e. The van der Waals surface area contributed by atoms with Crippen molar-refractivity contribution in [3.8, 4) is 0 Å². The molecule has 47 valence electrons. The van der Waals surface area contributed by atoms with E-state index in [1.807, 2.05) is 13.3 Å². The van der Waals surface area contributed by atoms with Gasteiger partial charge in [-0.05, 0) is 6.26 Å². The van der Waals surface area contributed by atoms with Crippen LogP contribution in [-0.4, -0.2) is 17.6 Å². The van der Waals surface area contributed by atoms with Crippen LogP contribution in [0.1, 0.15) is 0 Å². The first-order valence-electron chi connectivity index (χ1n) is 1.57. The number of thioether (sulfide) groups is 1. The fourth-order valence-electron chi connectivity index (χ4n) is 0.102. The van der Waals surface area contributed by atoms with Crippen molar-refractivity contribution in [1.29, 1.82) is 0 Å². The molecule has 0 rings (SSSR count). The summed E-state index contributed by atoms with van der Waals surface area (Å²) in [5.41, 5.74) is 0. The van der Waals surface area contributed by atoms with Gasteiger partial charge in [-0.2, -0.15) is 0 Å². The van der Waals surface area contributed by atoms with Gasteiger partial charge in [0, 0.05) is 24.1 Å². The second kappa shape index (κ2) is 6.76. The van der Waals surface area contributed by atoms with Crippen LogP contribution in [0, 0.1) is 0 Å². The van der Waals surface area contributed by atoms with Gasteiger partial charge in [0.2, 0.25) is 0 Å². The number of hydrogen-bond donors (Lipinski definition) is 1. The fourth-order valence-corrected chi connectivity index (χ4v) is 0.306. The standard InChI is InChI=1S/C3H7NS2.Cu/c1-4-3(5)6-2;/h1-2H3,(H,4,5);. The molecule has 0 aliphatic heterocycles. The molecule has 0 aromatic rings. The molecular weight excluding hydrogens is 178 g/mol. The molecule has 7 heavy (non-hydrogen) atoms. The number of rotatable bonds is 0. The molecule has 1 radical (unpaired) electrons. The van der Waals surface area contributed by atoms with E-state index in [1.54, 1.807) is 11.8 Å². The van der Waals surface area contributed by atoms with Crippen LogP contribution >= 0.6 is 24.0 Å². The Hall–Kier alpha value is 0.759. The SMILES string of the molecule is CNC(=S)SC.[Cu]. The normalized spacial score (nSPS) is 6.57. The molecule has 0 amide bonds. The molecule has 0 unspecified atom stereocenters. The van der Waals surface area contributed by atoms with Crippen molar-refractivity contribution >= 4 is 28.3 Å². The van der Waals surface area contributed by atoms with Crippen LogP contribution < -0.4 is 5.32 Å². The van der Waals surface area contributed by atoms with E-state index in [0.29, 0.717) is 0 Å². The van der Waals surface area contributed by atoms with E-state index in [0.717, 1.165) is 4.32 Å². The van der Waals surface area contributed by atoms with E-state index >= 15 is 0 Å². The number of thiocarbonyl (C=S) groups is 1. The maximum absolute atomic E-state index is 4.71. The first-order valence-corrected chi connectivity index (χ1v) is 3.20. The van der Waals surface area contributed by atoms with Crippen LogP contribution in [0.2, 0.25) is 0 Å². The molecule has 0 aromatic heterocycles. The fraction of sp³-hybridized carbons (Fsp3) is 0.667. The van der Waals surface area contributed by atoms with Gasteiger partial charge in [-0.15, -0.1) is 11.8 Å². The van der Waals surface area contributed by atoms with Gasteiger partial charge in [-0.25, -0.2) is 0 Å². The topological polar surface area (TPSA) is 12.0 Å². The Kier molecular flexibility index (Phi) is 10.3. The van der Waals surface area contributed by atoms with Gasteiger partial charge in [-0.1, -0.05) is 12.2 Å². The molecule has 1 nitrogen and oxygen atoms in total. The summed E-state index contributed by atoms with van der Waals surface area (Å²) in [7, 11) is 1.82. The number of hydrogen-bond acceptors (Lipinski definition) is 2. The Morgan fingerprint density at radius 1 is 1.71 bits per heavy atom. The predicted molar refractivity (Wildman–Crippen MR) is 35.2 cm³/mol. The Morgan fingerprint density at radius 2 is 2.14 bits per heavy atom. The average molecular weight is 185 g/mol. The van der Waals surface area contributed by atoms with Crippen LogP contribution in [0.25, 0.3) is 0 Å². The van der Waals surface area contributed by atoms with Crippen LogP contribution in [0.5, 0.6) is 0 Å². The minimum absolute atomic E-state index is 0. The summed E-state index contributed by atoms with van der Waals surface area (Å²) >= 11 is 6.25. The molecule has 0 bridgehead atoms. The van der Waals surface area contributed by atoms with Crippen molar-refractivity contribution < 1.29 is 17.1 Å². The van der Waals surface area contributed by atoms with Gasteiger partial charge in [0.25, 0.3) is 0 Å². The molecule has 0 aliphatic rings. The summed E-state index contributed by atoms with van der Waals surface area (Å²) in [6, 6.07) is 0. The molecule has 0 aromatic carbocycles. The molecule has 0 atom stereocenters. The summed E-state index contributed by atoms with van der Waals surface area (Å²) in [4.78, 5) is 0.